The third-order valence-electron chi connectivity index (χ3n) is 7.45. The second-order valence-electron chi connectivity index (χ2n) is 10.6. The minimum atomic E-state index is -1.13. The van der Waals surface area contributed by atoms with Crippen LogP contribution in [0.3, 0.4) is 0 Å². The standard InChI is InChI=1S/C29H32FN7O2/c1-29(2,39)25-4-3-5-26(33-25)37-18-23(30)22-17-31-28(34-27(22)37)32-20-6-7-24-19(16-20)8-13-36(24)21-9-11-35(12-10-21)14-15-38/h3-8,13,16-18,21,38-39H,9-12,14-15H2,1-2H3,(H,31,32,34). The van der Waals surface area contributed by atoms with Crippen molar-refractivity contribution in [1.82, 2.24) is 29.0 Å². The maximum Gasteiger partial charge on any atom is 0.229 e. The average molecular weight is 530 g/mol. The summed E-state index contributed by atoms with van der Waals surface area (Å²) in [5.41, 5.74) is 1.73. The summed E-state index contributed by atoms with van der Waals surface area (Å²) in [4.78, 5) is 15.8. The van der Waals surface area contributed by atoms with Crippen LogP contribution >= 0.6 is 0 Å². The predicted octanol–water partition coefficient (Wildman–Crippen LogP) is 4.51. The molecule has 1 aromatic carbocycles. The fourth-order valence-corrected chi connectivity index (χ4v) is 5.35. The third-order valence-corrected chi connectivity index (χ3v) is 7.45. The normalized spacial score (nSPS) is 15.4. The van der Waals surface area contributed by atoms with Crippen LogP contribution in [-0.4, -0.2) is 65.4 Å². The molecule has 3 N–H and O–H groups in total. The maximum absolute atomic E-state index is 14.8. The van der Waals surface area contributed by atoms with Crippen LogP contribution in [0.1, 0.15) is 38.4 Å². The fourth-order valence-electron chi connectivity index (χ4n) is 5.35. The first-order valence-corrected chi connectivity index (χ1v) is 13.2. The molecule has 1 aliphatic rings. The number of aromatic nitrogens is 5. The smallest absolute Gasteiger partial charge is 0.229 e. The molecule has 0 atom stereocenters. The molecular weight excluding hydrogens is 497 g/mol. The molecule has 0 saturated carbocycles. The van der Waals surface area contributed by atoms with Crippen molar-refractivity contribution in [3.8, 4) is 5.82 Å². The van der Waals surface area contributed by atoms with Crippen LogP contribution in [-0.2, 0) is 5.60 Å². The minimum Gasteiger partial charge on any atom is -0.395 e. The monoisotopic (exact) mass is 529 g/mol. The lowest BCUT2D eigenvalue weighted by Gasteiger charge is -2.32. The number of nitrogens with one attached hydrogen (secondary N) is 1. The van der Waals surface area contributed by atoms with E-state index in [4.69, 9.17) is 0 Å². The second kappa shape index (κ2) is 10.0. The Morgan fingerprint density at radius 2 is 1.92 bits per heavy atom. The van der Waals surface area contributed by atoms with E-state index in [0.29, 0.717) is 29.1 Å². The number of nitrogens with zero attached hydrogens (tertiary/aromatic N) is 6. The van der Waals surface area contributed by atoms with Crippen LogP contribution in [0.5, 0.6) is 0 Å². The Kier molecular flexibility index (Phi) is 6.54. The lowest BCUT2D eigenvalue weighted by molar-refractivity contribution is 0.0738. The van der Waals surface area contributed by atoms with Gasteiger partial charge in [0.25, 0.3) is 0 Å². The van der Waals surface area contributed by atoms with E-state index in [1.165, 1.54) is 17.9 Å². The predicted molar refractivity (Wildman–Crippen MR) is 149 cm³/mol. The number of benzene rings is 1. The molecular formula is C29H32FN7O2. The molecule has 6 rings (SSSR count). The number of anilines is 2. The van der Waals surface area contributed by atoms with Crippen molar-refractivity contribution in [2.75, 3.05) is 31.6 Å². The van der Waals surface area contributed by atoms with Gasteiger partial charge in [-0.05, 0) is 63.1 Å². The van der Waals surface area contributed by atoms with E-state index >= 15 is 0 Å². The summed E-state index contributed by atoms with van der Waals surface area (Å²) < 4.78 is 18.7. The third kappa shape index (κ3) is 4.98. The van der Waals surface area contributed by atoms with Gasteiger partial charge < -0.3 is 25.0 Å². The van der Waals surface area contributed by atoms with Gasteiger partial charge in [0.2, 0.25) is 5.95 Å². The van der Waals surface area contributed by atoms with Gasteiger partial charge >= 0.3 is 0 Å². The SMILES string of the molecule is CC(C)(O)c1cccc(-n2cc(F)c3cnc(Nc4ccc5c(ccn5C5CCN(CCO)CC5)c4)nc32)n1. The molecule has 5 heterocycles. The molecule has 202 valence electrons. The number of likely N-dealkylation sites (tertiary alicyclic amines) is 1. The van der Waals surface area contributed by atoms with E-state index in [0.717, 1.165) is 43.5 Å². The summed E-state index contributed by atoms with van der Waals surface area (Å²) in [5.74, 6) is 0.352. The first-order valence-electron chi connectivity index (χ1n) is 13.2. The quantitative estimate of drug-likeness (QED) is 0.285. The van der Waals surface area contributed by atoms with E-state index < -0.39 is 11.4 Å². The summed E-state index contributed by atoms with van der Waals surface area (Å²) >= 11 is 0. The molecule has 0 spiro atoms. The van der Waals surface area contributed by atoms with Crippen molar-refractivity contribution >= 4 is 33.6 Å². The van der Waals surface area contributed by atoms with Crippen molar-refractivity contribution in [1.29, 1.82) is 0 Å². The molecule has 1 fully saturated rings. The molecule has 1 saturated heterocycles. The Morgan fingerprint density at radius 3 is 2.69 bits per heavy atom. The number of halogens is 1. The Hall–Kier alpha value is -3.86. The van der Waals surface area contributed by atoms with Crippen LogP contribution < -0.4 is 5.32 Å². The molecule has 5 aromatic rings. The summed E-state index contributed by atoms with van der Waals surface area (Å²) in [6.07, 6.45) is 7.06. The van der Waals surface area contributed by atoms with Gasteiger partial charge in [0.1, 0.15) is 11.4 Å². The lowest BCUT2D eigenvalue weighted by Crippen LogP contribution is -2.36. The molecule has 1 aliphatic heterocycles. The van der Waals surface area contributed by atoms with Gasteiger partial charge in [0, 0.05) is 60.9 Å². The van der Waals surface area contributed by atoms with E-state index in [1.54, 1.807) is 36.6 Å². The zero-order valence-electron chi connectivity index (χ0n) is 22.0. The van der Waals surface area contributed by atoms with E-state index in [2.05, 4.69) is 54.1 Å². The van der Waals surface area contributed by atoms with Crippen molar-refractivity contribution in [2.45, 2.75) is 38.3 Å². The molecule has 0 aliphatic carbocycles. The highest BCUT2D eigenvalue weighted by molar-refractivity contribution is 5.85. The Labute approximate surface area is 225 Å². The first kappa shape index (κ1) is 25.4. The van der Waals surface area contributed by atoms with Crippen molar-refractivity contribution in [3.63, 3.8) is 0 Å². The Balaban J connectivity index is 1.26. The zero-order chi connectivity index (χ0) is 27.1. The Bertz CT molecular complexity index is 1630. The number of pyridine rings is 1. The highest BCUT2D eigenvalue weighted by Crippen LogP contribution is 2.30. The lowest BCUT2D eigenvalue weighted by atomic mass is 10.0. The number of fused-ring (bicyclic) bond motifs is 2. The number of β-amino-alcohol motifs (C(OH)–C–C–N with tert-alkyl or cyclic N) is 1. The number of hydrogen-bond acceptors (Lipinski definition) is 7. The molecule has 0 radical (unpaired) electrons. The summed E-state index contributed by atoms with van der Waals surface area (Å²) in [7, 11) is 0. The molecule has 39 heavy (non-hydrogen) atoms. The van der Waals surface area contributed by atoms with Gasteiger partial charge in [-0.1, -0.05) is 6.07 Å². The van der Waals surface area contributed by atoms with Gasteiger partial charge in [-0.2, -0.15) is 4.98 Å². The van der Waals surface area contributed by atoms with Crippen LogP contribution in [0.2, 0.25) is 0 Å². The Morgan fingerprint density at radius 1 is 1.10 bits per heavy atom. The van der Waals surface area contributed by atoms with Gasteiger partial charge in [0.15, 0.2) is 11.5 Å². The average Bonchev–Trinajstić information content (AvgIpc) is 3.49. The van der Waals surface area contributed by atoms with Crippen molar-refractivity contribution in [3.05, 3.63) is 72.6 Å². The summed E-state index contributed by atoms with van der Waals surface area (Å²) in [6.45, 7) is 6.24. The van der Waals surface area contributed by atoms with Crippen LogP contribution in [0.4, 0.5) is 16.0 Å². The number of rotatable bonds is 7. The van der Waals surface area contributed by atoms with Crippen LogP contribution in [0, 0.1) is 5.82 Å². The number of hydrogen-bond donors (Lipinski definition) is 3. The van der Waals surface area contributed by atoms with Crippen LogP contribution in [0.25, 0.3) is 27.8 Å². The fraction of sp³-hybridized carbons (Fsp3) is 0.345. The molecule has 9 nitrogen and oxygen atoms in total. The summed E-state index contributed by atoms with van der Waals surface area (Å²) in [5, 5.41) is 24.2. The van der Waals surface area contributed by atoms with E-state index in [9.17, 15) is 14.6 Å². The molecule has 0 bridgehead atoms. The van der Waals surface area contributed by atoms with Crippen molar-refractivity contribution in [2.24, 2.45) is 0 Å². The maximum atomic E-state index is 14.8. The van der Waals surface area contributed by atoms with E-state index in [1.807, 2.05) is 6.07 Å². The second-order valence-corrected chi connectivity index (χ2v) is 10.6. The van der Waals surface area contributed by atoms with Crippen LogP contribution in [0.15, 0.2) is 61.1 Å². The van der Waals surface area contributed by atoms with Gasteiger partial charge in [-0.15, -0.1) is 0 Å². The zero-order valence-corrected chi connectivity index (χ0v) is 22.0. The number of piperidine rings is 1. The van der Waals surface area contributed by atoms with Gasteiger partial charge in [-0.3, -0.25) is 4.57 Å². The van der Waals surface area contributed by atoms with Crippen molar-refractivity contribution < 1.29 is 14.6 Å². The highest BCUT2D eigenvalue weighted by Gasteiger charge is 2.22. The van der Waals surface area contributed by atoms with Gasteiger partial charge in [-0.25, -0.2) is 14.4 Å². The highest BCUT2D eigenvalue weighted by atomic mass is 19.1. The molecule has 10 heteroatoms. The summed E-state index contributed by atoms with van der Waals surface area (Å²) in [6, 6.07) is 14.0. The molecule has 0 unspecified atom stereocenters. The molecule has 4 aromatic heterocycles. The topological polar surface area (TPSA) is 104 Å². The van der Waals surface area contributed by atoms with Gasteiger partial charge in [0.05, 0.1) is 17.7 Å². The van der Waals surface area contributed by atoms with E-state index in [-0.39, 0.29) is 12.0 Å². The minimum absolute atomic E-state index is 0.205. The largest absolute Gasteiger partial charge is 0.395 e. The number of aliphatic hydroxyl groups is 2. The molecule has 0 amide bonds. The number of aliphatic hydroxyl groups excluding tert-OH is 1. The first-order chi connectivity index (χ1) is 18.8.